The highest BCUT2D eigenvalue weighted by Gasteiger charge is 2.29. The van der Waals surface area contributed by atoms with E-state index in [9.17, 15) is 4.79 Å². The smallest absolute Gasteiger partial charge is 0.234 e. The van der Waals surface area contributed by atoms with Crippen LogP contribution in [0.1, 0.15) is 6.42 Å². The van der Waals surface area contributed by atoms with Gasteiger partial charge in [0.05, 0.1) is 13.2 Å². The summed E-state index contributed by atoms with van der Waals surface area (Å²) in [4.78, 5) is 13.3. The third-order valence-electron chi connectivity index (χ3n) is 2.60. The van der Waals surface area contributed by atoms with Gasteiger partial charge in [0.2, 0.25) is 5.91 Å². The maximum atomic E-state index is 11.2. The van der Waals surface area contributed by atoms with Crippen molar-refractivity contribution in [1.29, 1.82) is 0 Å². The summed E-state index contributed by atoms with van der Waals surface area (Å²) in [5.74, 6) is 0.0180. The van der Waals surface area contributed by atoms with Crippen molar-refractivity contribution in [3.63, 3.8) is 0 Å². The van der Waals surface area contributed by atoms with Crippen LogP contribution in [0.3, 0.4) is 0 Å². The van der Waals surface area contributed by atoms with E-state index in [4.69, 9.17) is 5.11 Å². The van der Waals surface area contributed by atoms with Crippen molar-refractivity contribution in [2.24, 2.45) is 0 Å². The highest BCUT2D eigenvalue weighted by Crippen LogP contribution is 2.14. The maximum absolute atomic E-state index is 11.2. The first-order valence-electron chi connectivity index (χ1n) is 4.92. The average Bonchev–Trinajstić information content (AvgIpc) is 2.46. The quantitative estimate of drug-likeness (QED) is 0.512. The van der Waals surface area contributed by atoms with Crippen LogP contribution in [0.4, 0.5) is 0 Å². The zero-order chi connectivity index (χ0) is 10.6. The molecule has 0 aliphatic carbocycles. The Kier molecular flexibility index (Phi) is 4.31. The van der Waals surface area contributed by atoms with Crippen molar-refractivity contribution < 1.29 is 9.90 Å². The molecule has 1 aliphatic rings. The van der Waals surface area contributed by atoms with Crippen LogP contribution < -0.4 is 10.6 Å². The summed E-state index contributed by atoms with van der Waals surface area (Å²) in [5, 5.41) is 14.7. The molecule has 1 amide bonds. The lowest BCUT2D eigenvalue weighted by Crippen LogP contribution is -2.40. The van der Waals surface area contributed by atoms with Crippen molar-refractivity contribution >= 4 is 5.91 Å². The van der Waals surface area contributed by atoms with Crippen LogP contribution >= 0.6 is 0 Å². The summed E-state index contributed by atoms with van der Waals surface area (Å²) in [6.45, 7) is 1.33. The molecule has 0 spiro atoms. The maximum Gasteiger partial charge on any atom is 0.234 e. The van der Waals surface area contributed by atoms with Gasteiger partial charge in [-0.3, -0.25) is 9.69 Å². The molecule has 0 aromatic rings. The molecule has 0 radical (unpaired) electrons. The van der Waals surface area contributed by atoms with E-state index >= 15 is 0 Å². The predicted molar refractivity (Wildman–Crippen MR) is 54.0 cm³/mol. The normalized spacial score (nSPS) is 27.9. The molecule has 5 heteroatoms. The molecule has 5 nitrogen and oxygen atoms in total. The van der Waals surface area contributed by atoms with Gasteiger partial charge in [-0.05, 0) is 20.5 Å². The van der Waals surface area contributed by atoms with Gasteiger partial charge in [-0.2, -0.15) is 0 Å². The number of hydrogen-bond donors (Lipinski definition) is 3. The molecule has 14 heavy (non-hydrogen) atoms. The molecule has 0 aromatic heterocycles. The number of carbonyl (C=O) groups is 1. The highest BCUT2D eigenvalue weighted by molar-refractivity contribution is 5.78. The van der Waals surface area contributed by atoms with E-state index in [2.05, 4.69) is 15.5 Å². The Morgan fingerprint density at radius 2 is 2.36 bits per heavy atom. The molecule has 1 rings (SSSR count). The van der Waals surface area contributed by atoms with E-state index < -0.39 is 0 Å². The Hall–Kier alpha value is -0.650. The van der Waals surface area contributed by atoms with Crippen LogP contribution in [0.25, 0.3) is 0 Å². The average molecular weight is 201 g/mol. The fraction of sp³-hybridized carbons (Fsp3) is 0.889. The number of nitrogens with zero attached hydrogens (tertiary/aromatic N) is 1. The van der Waals surface area contributed by atoms with Gasteiger partial charge < -0.3 is 15.7 Å². The number of carbonyl (C=O) groups excluding carboxylic acids is 1. The van der Waals surface area contributed by atoms with Crippen molar-refractivity contribution in [3.8, 4) is 0 Å². The zero-order valence-electron chi connectivity index (χ0n) is 8.79. The predicted octanol–water partition coefficient (Wildman–Crippen LogP) is -1.61. The lowest BCUT2D eigenvalue weighted by molar-refractivity contribution is -0.120. The molecule has 2 unspecified atom stereocenters. The summed E-state index contributed by atoms with van der Waals surface area (Å²) in [6.07, 6.45) is 0.836. The summed E-state index contributed by atoms with van der Waals surface area (Å²) >= 11 is 0. The van der Waals surface area contributed by atoms with Crippen LogP contribution in [0, 0.1) is 0 Å². The molecule has 1 heterocycles. The minimum Gasteiger partial charge on any atom is -0.395 e. The molecule has 0 bridgehead atoms. The molecule has 2 atom stereocenters. The van der Waals surface area contributed by atoms with E-state index in [0.717, 1.165) is 13.0 Å². The van der Waals surface area contributed by atoms with E-state index in [1.54, 1.807) is 7.05 Å². The number of likely N-dealkylation sites (N-methyl/N-ethyl adjacent to an activating group) is 2. The number of hydrogen-bond acceptors (Lipinski definition) is 4. The number of likely N-dealkylation sites (tertiary alicyclic amines) is 1. The van der Waals surface area contributed by atoms with Gasteiger partial charge in [-0.1, -0.05) is 0 Å². The molecular weight excluding hydrogens is 182 g/mol. The van der Waals surface area contributed by atoms with Gasteiger partial charge >= 0.3 is 0 Å². The Labute approximate surface area is 84.5 Å². The fourth-order valence-corrected chi connectivity index (χ4v) is 1.84. The molecule has 3 N–H and O–H groups in total. The van der Waals surface area contributed by atoms with E-state index in [-0.39, 0.29) is 24.6 Å². The van der Waals surface area contributed by atoms with Crippen molar-refractivity contribution in [1.82, 2.24) is 15.5 Å². The van der Waals surface area contributed by atoms with Gasteiger partial charge in [0, 0.05) is 18.6 Å². The number of rotatable bonds is 4. The van der Waals surface area contributed by atoms with Gasteiger partial charge in [0.1, 0.15) is 0 Å². The van der Waals surface area contributed by atoms with E-state index in [1.807, 2.05) is 7.05 Å². The lowest BCUT2D eigenvalue weighted by atomic mass is 10.2. The summed E-state index contributed by atoms with van der Waals surface area (Å²) in [6, 6.07) is 0.368. The topological polar surface area (TPSA) is 64.6 Å². The number of amides is 1. The summed E-state index contributed by atoms with van der Waals surface area (Å²) in [7, 11) is 3.71. The van der Waals surface area contributed by atoms with Crippen LogP contribution in [-0.2, 0) is 4.79 Å². The Bertz CT molecular complexity index is 198. The van der Waals surface area contributed by atoms with E-state index in [0.29, 0.717) is 6.54 Å². The monoisotopic (exact) mass is 201 g/mol. The Morgan fingerprint density at radius 3 is 2.86 bits per heavy atom. The molecule has 0 aromatic carbocycles. The number of aliphatic hydroxyl groups is 1. The van der Waals surface area contributed by atoms with Gasteiger partial charge in [0.25, 0.3) is 0 Å². The first kappa shape index (κ1) is 11.4. The second-order valence-corrected chi connectivity index (χ2v) is 3.81. The van der Waals surface area contributed by atoms with Gasteiger partial charge in [0.15, 0.2) is 0 Å². The minimum absolute atomic E-state index is 0.0180. The highest BCUT2D eigenvalue weighted by atomic mass is 16.3. The molecule has 1 saturated heterocycles. The van der Waals surface area contributed by atoms with Crippen molar-refractivity contribution in [2.45, 2.75) is 18.5 Å². The molecule has 1 aliphatic heterocycles. The van der Waals surface area contributed by atoms with Gasteiger partial charge in [-0.15, -0.1) is 0 Å². The van der Waals surface area contributed by atoms with Crippen molar-refractivity contribution in [3.05, 3.63) is 0 Å². The fourth-order valence-electron chi connectivity index (χ4n) is 1.84. The Balaban J connectivity index is 2.31. The zero-order valence-corrected chi connectivity index (χ0v) is 8.79. The number of nitrogens with one attached hydrogen (secondary N) is 2. The first-order chi connectivity index (χ1) is 6.67. The third kappa shape index (κ3) is 2.94. The second kappa shape index (κ2) is 5.29. The lowest BCUT2D eigenvalue weighted by Gasteiger charge is -2.15. The summed E-state index contributed by atoms with van der Waals surface area (Å²) < 4.78 is 0. The number of aliphatic hydroxyl groups excluding tert-OH is 1. The first-order valence-corrected chi connectivity index (χ1v) is 4.92. The van der Waals surface area contributed by atoms with Crippen LogP contribution in [0.5, 0.6) is 0 Å². The van der Waals surface area contributed by atoms with Crippen LogP contribution in [-0.4, -0.2) is 61.8 Å². The van der Waals surface area contributed by atoms with E-state index in [1.165, 1.54) is 0 Å². The van der Waals surface area contributed by atoms with Gasteiger partial charge in [-0.25, -0.2) is 0 Å². The SMILES string of the molecule is CNCC(=O)NC1CC(CO)N(C)C1. The van der Waals surface area contributed by atoms with Crippen LogP contribution in [0.15, 0.2) is 0 Å². The standard InChI is InChI=1S/C9H19N3O2/c1-10-4-9(14)11-7-3-8(6-13)12(2)5-7/h7-8,10,13H,3-6H2,1-2H3,(H,11,14). The molecule has 1 fully saturated rings. The van der Waals surface area contributed by atoms with Crippen molar-refractivity contribution in [2.75, 3.05) is 33.8 Å². The second-order valence-electron chi connectivity index (χ2n) is 3.81. The van der Waals surface area contributed by atoms with Crippen LogP contribution in [0.2, 0.25) is 0 Å². The minimum atomic E-state index is 0.0180. The third-order valence-corrected chi connectivity index (χ3v) is 2.60. The molecule has 0 saturated carbocycles. The largest absolute Gasteiger partial charge is 0.395 e. The summed E-state index contributed by atoms with van der Waals surface area (Å²) in [5.41, 5.74) is 0. The molecular formula is C9H19N3O2. The molecule has 82 valence electrons. The Morgan fingerprint density at radius 1 is 1.64 bits per heavy atom.